The highest BCUT2D eigenvalue weighted by Crippen LogP contribution is 2.33. The number of nitrogens with one attached hydrogen (secondary N) is 1. The Hall–Kier alpha value is -2.18. The number of pyridine rings is 1. The summed E-state index contributed by atoms with van der Waals surface area (Å²) in [5.74, 6) is 0.455. The molecule has 1 N–H and O–H groups in total. The van der Waals surface area contributed by atoms with Crippen molar-refractivity contribution >= 4 is 21.1 Å². The van der Waals surface area contributed by atoms with Gasteiger partial charge >= 0.3 is 0 Å². The molecule has 6 heteroatoms. The number of hydrogen-bond acceptors (Lipinski definition) is 3. The smallest absolute Gasteiger partial charge is 0.218 e. The van der Waals surface area contributed by atoms with Crippen molar-refractivity contribution in [3.8, 4) is 0 Å². The fourth-order valence-corrected chi connectivity index (χ4v) is 5.20. The van der Waals surface area contributed by atoms with Gasteiger partial charge < -0.3 is 4.98 Å². The zero-order valence-electron chi connectivity index (χ0n) is 13.9. The molecule has 0 saturated carbocycles. The SMILES string of the molecule is O=S(=O)(Cc1ccccc1)N1CCC(c2c[nH]c3ncccc23)CC1. The summed E-state index contributed by atoms with van der Waals surface area (Å²) in [5, 5.41) is 1.15. The Balaban J connectivity index is 1.46. The number of rotatable bonds is 4. The summed E-state index contributed by atoms with van der Waals surface area (Å²) in [6, 6.07) is 13.4. The van der Waals surface area contributed by atoms with Crippen molar-refractivity contribution in [3.63, 3.8) is 0 Å². The van der Waals surface area contributed by atoms with Gasteiger partial charge in [-0.15, -0.1) is 0 Å². The van der Waals surface area contributed by atoms with E-state index in [1.54, 1.807) is 10.5 Å². The number of aromatic amines is 1. The first kappa shape index (κ1) is 16.3. The quantitative estimate of drug-likeness (QED) is 0.781. The Morgan fingerprint density at radius 3 is 2.60 bits per heavy atom. The van der Waals surface area contributed by atoms with Gasteiger partial charge in [0.25, 0.3) is 0 Å². The molecule has 0 atom stereocenters. The lowest BCUT2D eigenvalue weighted by atomic mass is 9.90. The highest BCUT2D eigenvalue weighted by molar-refractivity contribution is 7.88. The molecule has 1 aliphatic rings. The van der Waals surface area contributed by atoms with Crippen molar-refractivity contribution in [1.29, 1.82) is 0 Å². The van der Waals surface area contributed by atoms with E-state index in [-0.39, 0.29) is 5.75 Å². The highest BCUT2D eigenvalue weighted by Gasteiger charge is 2.29. The van der Waals surface area contributed by atoms with E-state index in [4.69, 9.17) is 0 Å². The zero-order valence-corrected chi connectivity index (χ0v) is 14.7. The van der Waals surface area contributed by atoms with Gasteiger partial charge in [0.2, 0.25) is 10.0 Å². The van der Waals surface area contributed by atoms with Crippen molar-refractivity contribution in [1.82, 2.24) is 14.3 Å². The molecule has 25 heavy (non-hydrogen) atoms. The van der Waals surface area contributed by atoms with Crippen molar-refractivity contribution in [2.75, 3.05) is 13.1 Å². The van der Waals surface area contributed by atoms with Crippen molar-refractivity contribution in [2.24, 2.45) is 0 Å². The molecule has 0 radical (unpaired) electrons. The maximum Gasteiger partial charge on any atom is 0.218 e. The molecule has 1 aliphatic heterocycles. The molecule has 1 fully saturated rings. The maximum atomic E-state index is 12.7. The normalized spacial score (nSPS) is 17.1. The van der Waals surface area contributed by atoms with E-state index in [0.29, 0.717) is 19.0 Å². The van der Waals surface area contributed by atoms with E-state index in [1.165, 1.54) is 5.56 Å². The first-order chi connectivity index (χ1) is 12.1. The molecular formula is C19H21N3O2S. The second-order valence-corrected chi connectivity index (χ2v) is 8.53. The van der Waals surface area contributed by atoms with E-state index in [0.717, 1.165) is 29.4 Å². The molecule has 2 aromatic heterocycles. The number of nitrogens with zero attached hydrogens (tertiary/aromatic N) is 2. The van der Waals surface area contributed by atoms with Crippen LogP contribution in [0.15, 0.2) is 54.9 Å². The van der Waals surface area contributed by atoms with Gasteiger partial charge in [0.05, 0.1) is 5.75 Å². The molecule has 5 nitrogen and oxygen atoms in total. The van der Waals surface area contributed by atoms with E-state index in [1.807, 2.05) is 42.6 Å². The predicted octanol–water partition coefficient (Wildman–Crippen LogP) is 3.27. The fraction of sp³-hybridized carbons (Fsp3) is 0.316. The summed E-state index contributed by atoms with van der Waals surface area (Å²) in [6.45, 7) is 1.15. The van der Waals surface area contributed by atoms with Crippen LogP contribution in [0.2, 0.25) is 0 Å². The van der Waals surface area contributed by atoms with Gasteiger partial charge in [-0.05, 0) is 42.0 Å². The number of H-pyrrole nitrogens is 1. The summed E-state index contributed by atoms with van der Waals surface area (Å²) in [4.78, 5) is 7.55. The van der Waals surface area contributed by atoms with Gasteiger partial charge in [-0.25, -0.2) is 17.7 Å². The first-order valence-electron chi connectivity index (χ1n) is 8.57. The number of piperidine rings is 1. The molecule has 3 heterocycles. The van der Waals surface area contributed by atoms with Gasteiger partial charge in [-0.1, -0.05) is 30.3 Å². The lowest BCUT2D eigenvalue weighted by Gasteiger charge is -2.31. The van der Waals surface area contributed by atoms with Crippen LogP contribution in [0.5, 0.6) is 0 Å². The Labute approximate surface area is 147 Å². The minimum Gasteiger partial charge on any atom is -0.346 e. The summed E-state index contributed by atoms with van der Waals surface area (Å²) < 4.78 is 27.0. The van der Waals surface area contributed by atoms with Crippen molar-refractivity contribution < 1.29 is 8.42 Å². The molecule has 0 unspecified atom stereocenters. The topological polar surface area (TPSA) is 66.1 Å². The zero-order chi connectivity index (χ0) is 17.3. The third-order valence-corrected chi connectivity index (χ3v) is 6.81. The minimum absolute atomic E-state index is 0.0789. The molecule has 0 amide bonds. The molecule has 3 aromatic rings. The molecule has 1 saturated heterocycles. The van der Waals surface area contributed by atoms with Crippen LogP contribution in [-0.2, 0) is 15.8 Å². The second-order valence-electron chi connectivity index (χ2n) is 6.56. The third kappa shape index (κ3) is 3.32. The van der Waals surface area contributed by atoms with Crippen LogP contribution >= 0.6 is 0 Å². The van der Waals surface area contributed by atoms with E-state index in [2.05, 4.69) is 16.0 Å². The Bertz CT molecular complexity index is 959. The highest BCUT2D eigenvalue weighted by atomic mass is 32.2. The lowest BCUT2D eigenvalue weighted by molar-refractivity contribution is 0.320. The number of aromatic nitrogens is 2. The number of benzene rings is 1. The van der Waals surface area contributed by atoms with Crippen LogP contribution in [0.1, 0.15) is 29.9 Å². The van der Waals surface area contributed by atoms with Gasteiger partial charge in [0.1, 0.15) is 5.65 Å². The number of hydrogen-bond donors (Lipinski definition) is 1. The largest absolute Gasteiger partial charge is 0.346 e. The summed E-state index contributed by atoms with van der Waals surface area (Å²) in [7, 11) is -3.26. The molecule has 0 bridgehead atoms. The summed E-state index contributed by atoms with van der Waals surface area (Å²) in [6.07, 6.45) is 5.49. The predicted molar refractivity (Wildman–Crippen MR) is 98.7 cm³/mol. The summed E-state index contributed by atoms with van der Waals surface area (Å²) in [5.41, 5.74) is 2.99. The van der Waals surface area contributed by atoms with Crippen molar-refractivity contribution in [2.45, 2.75) is 24.5 Å². The molecule has 1 aromatic carbocycles. The maximum absolute atomic E-state index is 12.7. The van der Waals surface area contributed by atoms with Crippen LogP contribution in [0.4, 0.5) is 0 Å². The molecule has 4 rings (SSSR count). The Morgan fingerprint density at radius 1 is 1.08 bits per heavy atom. The van der Waals surface area contributed by atoms with E-state index >= 15 is 0 Å². The van der Waals surface area contributed by atoms with Crippen LogP contribution < -0.4 is 0 Å². The van der Waals surface area contributed by atoms with Crippen LogP contribution in [0, 0.1) is 0 Å². The van der Waals surface area contributed by atoms with E-state index < -0.39 is 10.0 Å². The average molecular weight is 355 g/mol. The van der Waals surface area contributed by atoms with Gasteiger partial charge in [0, 0.05) is 30.9 Å². The van der Waals surface area contributed by atoms with Gasteiger partial charge in [-0.3, -0.25) is 0 Å². The third-order valence-electron chi connectivity index (χ3n) is 4.96. The van der Waals surface area contributed by atoms with Crippen LogP contribution in [-0.4, -0.2) is 35.8 Å². The summed E-state index contributed by atoms with van der Waals surface area (Å²) >= 11 is 0. The molecular weight excluding hydrogens is 334 g/mol. The van der Waals surface area contributed by atoms with Gasteiger partial charge in [-0.2, -0.15) is 0 Å². The van der Waals surface area contributed by atoms with Crippen LogP contribution in [0.3, 0.4) is 0 Å². The fourth-order valence-electron chi connectivity index (χ4n) is 3.64. The first-order valence-corrected chi connectivity index (χ1v) is 10.2. The standard InChI is InChI=1S/C19H21N3O2S/c23-25(24,14-15-5-2-1-3-6-15)22-11-8-16(9-12-22)18-13-21-19-17(18)7-4-10-20-19/h1-7,10,13,16H,8-9,11-12,14H2,(H,20,21). The van der Waals surface area contributed by atoms with Crippen molar-refractivity contribution in [3.05, 3.63) is 66.0 Å². The second kappa shape index (κ2) is 6.61. The minimum atomic E-state index is -3.26. The Kier molecular flexibility index (Phi) is 4.31. The number of sulfonamides is 1. The lowest BCUT2D eigenvalue weighted by Crippen LogP contribution is -2.38. The van der Waals surface area contributed by atoms with Gasteiger partial charge in [0.15, 0.2) is 0 Å². The number of fused-ring (bicyclic) bond motifs is 1. The molecule has 0 aliphatic carbocycles. The Morgan fingerprint density at radius 2 is 1.84 bits per heavy atom. The van der Waals surface area contributed by atoms with Crippen LogP contribution in [0.25, 0.3) is 11.0 Å². The molecule has 130 valence electrons. The van der Waals surface area contributed by atoms with E-state index in [9.17, 15) is 8.42 Å². The monoisotopic (exact) mass is 355 g/mol. The average Bonchev–Trinajstić information content (AvgIpc) is 3.06. The molecule has 0 spiro atoms.